The van der Waals surface area contributed by atoms with E-state index in [4.69, 9.17) is 12.2 Å². The molecule has 0 heterocycles. The van der Waals surface area contributed by atoms with Crippen LogP contribution in [0.3, 0.4) is 0 Å². The molecule has 8 heteroatoms. The van der Waals surface area contributed by atoms with Gasteiger partial charge in [0.2, 0.25) is 0 Å². The van der Waals surface area contributed by atoms with Gasteiger partial charge in [-0.3, -0.25) is 15.0 Å². The number of aromatic hydroxyl groups is 2. The molecule has 0 atom stereocenters. The van der Waals surface area contributed by atoms with E-state index in [1.54, 1.807) is 31.1 Å². The van der Waals surface area contributed by atoms with Gasteiger partial charge in [-0.1, -0.05) is 24.3 Å². The summed E-state index contributed by atoms with van der Waals surface area (Å²) in [6.07, 6.45) is 1.21. The van der Waals surface area contributed by atoms with Crippen LogP contribution in [0.4, 0.5) is 0 Å². The van der Waals surface area contributed by atoms with E-state index in [-0.39, 0.29) is 27.8 Å². The van der Waals surface area contributed by atoms with Crippen LogP contribution in [-0.2, 0) is 0 Å². The van der Waals surface area contributed by atoms with Crippen molar-refractivity contribution < 1.29 is 19.8 Å². The van der Waals surface area contributed by atoms with Crippen LogP contribution in [0.15, 0.2) is 35.4 Å². The maximum absolute atomic E-state index is 12.7. The number of nitrogens with one attached hydrogen (secondary N) is 1. The number of carbonyl (C=O) groups excluding carboxylic acids is 2. The van der Waals surface area contributed by atoms with Gasteiger partial charge in [0.15, 0.2) is 16.7 Å². The van der Waals surface area contributed by atoms with Gasteiger partial charge in [-0.2, -0.15) is 5.10 Å². The molecule has 0 unspecified atom stereocenters. The molecule has 26 heavy (non-hydrogen) atoms. The summed E-state index contributed by atoms with van der Waals surface area (Å²) >= 11 is 5.02. The molecular formula is C18H15N3O4S. The molecule has 0 radical (unpaired) electrons. The summed E-state index contributed by atoms with van der Waals surface area (Å²) in [5.74, 6) is -1.87. The zero-order valence-electron chi connectivity index (χ0n) is 14.0. The molecule has 2 aromatic rings. The molecule has 7 nitrogen and oxygen atoms in total. The Hall–Kier alpha value is -3.26. The Kier molecular flexibility index (Phi) is 4.43. The SMILES string of the molecule is CN(C)C(=S)N/N=C/c1cc(O)c2c(c1O)C(=O)c1ccccc1C2=O. The van der Waals surface area contributed by atoms with Crippen molar-refractivity contribution in [3.05, 3.63) is 58.1 Å². The number of thiocarbonyl (C=S) groups is 1. The van der Waals surface area contributed by atoms with Gasteiger partial charge in [0.1, 0.15) is 11.5 Å². The first-order chi connectivity index (χ1) is 12.3. The number of hydrazone groups is 1. The van der Waals surface area contributed by atoms with E-state index in [2.05, 4.69) is 10.5 Å². The zero-order valence-corrected chi connectivity index (χ0v) is 14.8. The van der Waals surface area contributed by atoms with Gasteiger partial charge in [0.05, 0.1) is 17.3 Å². The Bertz CT molecular complexity index is 983. The Labute approximate surface area is 154 Å². The van der Waals surface area contributed by atoms with Gasteiger partial charge in [0, 0.05) is 30.8 Å². The van der Waals surface area contributed by atoms with Crippen LogP contribution in [0, 0.1) is 0 Å². The molecule has 3 rings (SSSR count). The van der Waals surface area contributed by atoms with Crippen LogP contribution in [-0.4, -0.2) is 52.1 Å². The van der Waals surface area contributed by atoms with Crippen molar-refractivity contribution in [2.24, 2.45) is 5.10 Å². The van der Waals surface area contributed by atoms with Crippen LogP contribution >= 0.6 is 12.2 Å². The molecule has 0 fully saturated rings. The highest BCUT2D eigenvalue weighted by Gasteiger charge is 2.35. The van der Waals surface area contributed by atoms with Crippen molar-refractivity contribution in [1.29, 1.82) is 0 Å². The second-order valence-electron chi connectivity index (χ2n) is 5.86. The lowest BCUT2D eigenvalue weighted by molar-refractivity contribution is 0.0974. The second kappa shape index (κ2) is 6.57. The van der Waals surface area contributed by atoms with Crippen molar-refractivity contribution in [1.82, 2.24) is 10.3 Å². The average molecular weight is 369 g/mol. The zero-order chi connectivity index (χ0) is 19.0. The van der Waals surface area contributed by atoms with Gasteiger partial charge in [-0.05, 0) is 18.3 Å². The van der Waals surface area contributed by atoms with E-state index in [9.17, 15) is 19.8 Å². The van der Waals surface area contributed by atoms with E-state index in [1.807, 2.05) is 0 Å². The normalized spacial score (nSPS) is 12.7. The first-order valence-electron chi connectivity index (χ1n) is 7.60. The summed E-state index contributed by atoms with van der Waals surface area (Å²) in [6, 6.07) is 7.45. The summed E-state index contributed by atoms with van der Waals surface area (Å²) in [5, 5.41) is 25.0. The average Bonchev–Trinajstić information content (AvgIpc) is 2.62. The molecule has 0 saturated carbocycles. The predicted molar refractivity (Wildman–Crippen MR) is 100 cm³/mol. The van der Waals surface area contributed by atoms with Crippen molar-refractivity contribution >= 4 is 35.1 Å². The van der Waals surface area contributed by atoms with Gasteiger partial charge in [-0.25, -0.2) is 0 Å². The monoisotopic (exact) mass is 369 g/mol. The Morgan fingerprint density at radius 1 is 1.12 bits per heavy atom. The Morgan fingerprint density at radius 2 is 1.69 bits per heavy atom. The quantitative estimate of drug-likeness (QED) is 0.273. The third-order valence-corrected chi connectivity index (χ3v) is 4.41. The van der Waals surface area contributed by atoms with Crippen molar-refractivity contribution in [2.45, 2.75) is 0 Å². The number of benzene rings is 2. The first-order valence-corrected chi connectivity index (χ1v) is 8.01. The lowest BCUT2D eigenvalue weighted by atomic mass is 9.82. The van der Waals surface area contributed by atoms with E-state index >= 15 is 0 Å². The smallest absolute Gasteiger partial charge is 0.198 e. The minimum absolute atomic E-state index is 0.0795. The summed E-state index contributed by atoms with van der Waals surface area (Å²) in [7, 11) is 3.46. The summed E-state index contributed by atoms with van der Waals surface area (Å²) in [4.78, 5) is 27.0. The number of phenols is 2. The van der Waals surface area contributed by atoms with Crippen LogP contribution in [0.5, 0.6) is 11.5 Å². The molecule has 0 bridgehead atoms. The Balaban J connectivity index is 2.07. The van der Waals surface area contributed by atoms with Gasteiger partial charge < -0.3 is 15.1 Å². The number of rotatable bonds is 2. The standard InChI is InChI=1S/C18H15N3O4S/c1-21(2)18(26)20-19-8-9-7-12(22)13-14(15(9)23)17(25)11-6-4-3-5-10(11)16(13)24/h3-8,22-23H,1-2H3,(H,20,26)/b19-8+. The molecule has 0 aliphatic heterocycles. The number of carbonyl (C=O) groups is 2. The molecule has 1 aliphatic carbocycles. The highest BCUT2D eigenvalue weighted by molar-refractivity contribution is 7.80. The molecule has 3 N–H and O–H groups in total. The maximum atomic E-state index is 12.7. The van der Waals surface area contributed by atoms with E-state index in [0.717, 1.165) is 0 Å². The maximum Gasteiger partial charge on any atom is 0.198 e. The van der Waals surface area contributed by atoms with Gasteiger partial charge in [-0.15, -0.1) is 0 Å². The summed E-state index contributed by atoms with van der Waals surface area (Å²) in [5.41, 5.74) is 2.59. The molecule has 132 valence electrons. The number of phenolic OH excluding ortho intramolecular Hbond substituents is 2. The molecule has 0 amide bonds. The summed E-state index contributed by atoms with van der Waals surface area (Å²) < 4.78 is 0. The fraction of sp³-hybridized carbons (Fsp3) is 0.111. The predicted octanol–water partition coefficient (Wildman–Crippen LogP) is 1.64. The molecule has 0 aromatic heterocycles. The van der Waals surface area contributed by atoms with Crippen LogP contribution in [0.25, 0.3) is 0 Å². The molecule has 2 aromatic carbocycles. The third kappa shape index (κ3) is 2.80. The largest absolute Gasteiger partial charge is 0.507 e. The van der Waals surface area contributed by atoms with Crippen LogP contribution in [0.2, 0.25) is 0 Å². The summed E-state index contributed by atoms with van der Waals surface area (Å²) in [6.45, 7) is 0. The van der Waals surface area contributed by atoms with Gasteiger partial charge >= 0.3 is 0 Å². The number of nitrogens with zero attached hydrogens (tertiary/aromatic N) is 2. The van der Waals surface area contributed by atoms with Gasteiger partial charge in [0.25, 0.3) is 0 Å². The van der Waals surface area contributed by atoms with E-state index in [1.165, 1.54) is 24.4 Å². The second-order valence-corrected chi connectivity index (χ2v) is 6.24. The molecule has 1 aliphatic rings. The van der Waals surface area contributed by atoms with Crippen LogP contribution < -0.4 is 5.43 Å². The van der Waals surface area contributed by atoms with Crippen LogP contribution in [0.1, 0.15) is 37.4 Å². The number of hydrogen-bond acceptors (Lipinski definition) is 6. The highest BCUT2D eigenvalue weighted by atomic mass is 32.1. The third-order valence-electron chi connectivity index (χ3n) is 3.95. The van der Waals surface area contributed by atoms with E-state index in [0.29, 0.717) is 5.11 Å². The van der Waals surface area contributed by atoms with Crippen molar-refractivity contribution in [3.63, 3.8) is 0 Å². The van der Waals surface area contributed by atoms with Crippen molar-refractivity contribution in [2.75, 3.05) is 14.1 Å². The fourth-order valence-electron chi connectivity index (χ4n) is 2.63. The lowest BCUT2D eigenvalue weighted by Gasteiger charge is -2.20. The first kappa shape index (κ1) is 17.6. The molecule has 0 saturated heterocycles. The number of hydrogen-bond donors (Lipinski definition) is 3. The Morgan fingerprint density at radius 3 is 2.27 bits per heavy atom. The van der Waals surface area contributed by atoms with E-state index < -0.39 is 23.1 Å². The topological polar surface area (TPSA) is 102 Å². The van der Waals surface area contributed by atoms with Crippen molar-refractivity contribution in [3.8, 4) is 11.5 Å². The highest BCUT2D eigenvalue weighted by Crippen LogP contribution is 2.39. The minimum atomic E-state index is -0.532. The molecule has 0 spiro atoms. The molecular weight excluding hydrogens is 354 g/mol. The fourth-order valence-corrected chi connectivity index (χ4v) is 2.69. The lowest BCUT2D eigenvalue weighted by Crippen LogP contribution is -2.30. The number of fused-ring (bicyclic) bond motifs is 2. The minimum Gasteiger partial charge on any atom is -0.507 e. The number of ketones is 2.